The van der Waals surface area contributed by atoms with E-state index in [-0.39, 0.29) is 40.4 Å². The van der Waals surface area contributed by atoms with Crippen molar-refractivity contribution in [2.45, 2.75) is 35.8 Å². The molecule has 220 valence electrons. The van der Waals surface area contributed by atoms with Gasteiger partial charge in [0.1, 0.15) is 24.2 Å². The molecule has 18 heteroatoms. The van der Waals surface area contributed by atoms with Crippen LogP contribution in [0.2, 0.25) is 0 Å². The van der Waals surface area contributed by atoms with Gasteiger partial charge in [-0.1, -0.05) is 5.16 Å². The molecule has 1 saturated heterocycles. The summed E-state index contributed by atoms with van der Waals surface area (Å²) in [5, 5.41) is 25.7. The number of β-lactam (4-membered cyclic amide) rings is 1. The number of carbonyl (C=O) groups excluding carboxylic acids is 2. The number of amides is 2. The number of nitrogens with one attached hydrogen (secondary N) is 1. The molecular formula is C23H25ClN6O8S3. The third-order valence-corrected chi connectivity index (χ3v) is 9.34. The first-order valence-electron chi connectivity index (χ1n) is 11.6. The maximum Gasteiger partial charge on any atom is 0.352 e. The number of oxime groups is 1. The molecule has 0 aliphatic carbocycles. The molecule has 14 nitrogen and oxygen atoms in total. The summed E-state index contributed by atoms with van der Waals surface area (Å²) < 4.78 is 15.0. The number of carboxylic acid groups (broad SMARTS) is 2. The highest BCUT2D eigenvalue weighted by Gasteiger charge is 2.61. The van der Waals surface area contributed by atoms with E-state index in [2.05, 4.69) is 15.5 Å². The van der Waals surface area contributed by atoms with Crippen molar-refractivity contribution in [3.8, 4) is 0 Å². The minimum absolute atomic E-state index is 0. The van der Waals surface area contributed by atoms with Gasteiger partial charge in [0.25, 0.3) is 11.8 Å². The molecule has 2 aliphatic rings. The number of hydrogen-bond acceptors (Lipinski definition) is 11. The Hall–Kier alpha value is -3.38. The molecule has 4 heterocycles. The monoisotopic (exact) mass is 644 g/mol. The van der Waals surface area contributed by atoms with Crippen LogP contribution in [0.1, 0.15) is 19.5 Å². The van der Waals surface area contributed by atoms with Crippen molar-refractivity contribution in [1.82, 2.24) is 15.2 Å². The minimum Gasteiger partial charge on any atom is -1.00 e. The van der Waals surface area contributed by atoms with Crippen molar-refractivity contribution in [3.63, 3.8) is 0 Å². The van der Waals surface area contributed by atoms with Gasteiger partial charge in [0.15, 0.2) is 29.3 Å². The lowest BCUT2D eigenvalue weighted by molar-refractivity contribution is -0.671. The Morgan fingerprint density at radius 1 is 1.37 bits per heavy atom. The lowest BCUT2D eigenvalue weighted by Gasteiger charge is -2.49. The molecule has 0 spiro atoms. The average molecular weight is 645 g/mol. The maximum atomic E-state index is 13.2. The summed E-state index contributed by atoms with van der Waals surface area (Å²) in [6.45, 7) is 2.44. The van der Waals surface area contributed by atoms with Crippen LogP contribution in [0.3, 0.4) is 0 Å². The Labute approximate surface area is 251 Å². The molecule has 41 heavy (non-hydrogen) atoms. The number of anilines is 1. The lowest BCUT2D eigenvalue weighted by atomic mass is 10.0. The molecule has 0 aromatic carbocycles. The fourth-order valence-corrected chi connectivity index (χ4v) is 6.98. The quantitative estimate of drug-likeness (QED) is 0.0502. The highest BCUT2D eigenvalue weighted by Crippen LogP contribution is 2.38. The average Bonchev–Trinajstić information content (AvgIpc) is 3.31. The first-order valence-corrected chi connectivity index (χ1v) is 14.8. The number of pyridine rings is 1. The molecule has 0 radical (unpaired) electrons. The zero-order valence-corrected chi connectivity index (χ0v) is 25.0. The van der Waals surface area contributed by atoms with Gasteiger partial charge in [0, 0.05) is 33.7 Å². The summed E-state index contributed by atoms with van der Waals surface area (Å²) in [5.41, 5.74) is 3.44. The molecule has 1 fully saturated rings. The van der Waals surface area contributed by atoms with E-state index < -0.39 is 57.7 Å². The zero-order chi connectivity index (χ0) is 29.4. The highest BCUT2D eigenvalue weighted by atomic mass is 35.5. The van der Waals surface area contributed by atoms with Crippen molar-refractivity contribution in [3.05, 3.63) is 46.9 Å². The molecule has 1 unspecified atom stereocenters. The van der Waals surface area contributed by atoms with E-state index in [1.54, 1.807) is 0 Å². The van der Waals surface area contributed by atoms with Crippen LogP contribution in [0.4, 0.5) is 5.13 Å². The van der Waals surface area contributed by atoms with Gasteiger partial charge in [0.2, 0.25) is 11.0 Å². The van der Waals surface area contributed by atoms with Gasteiger partial charge in [-0.15, -0.1) is 23.1 Å². The SMILES string of the molecule is C[n+]1ccc(SCC2=C(C(=O)O)N3C(=O)[C@@H](NC(=O)/C(=N\OC(C)(C)C(=O)O)c4csc(N)n4)[C@H]3[S+]([O-])C2)cc1.[Cl-]. The molecule has 2 aromatic rings. The van der Waals surface area contributed by atoms with E-state index in [9.17, 15) is 33.9 Å². The first-order chi connectivity index (χ1) is 18.8. The third-order valence-electron chi connectivity index (χ3n) is 5.91. The summed E-state index contributed by atoms with van der Waals surface area (Å²) >= 11 is 0.605. The summed E-state index contributed by atoms with van der Waals surface area (Å²) in [4.78, 5) is 60.7. The number of aryl methyl sites for hydroxylation is 1. The predicted octanol–water partition coefficient (Wildman–Crippen LogP) is -3.32. The number of hydrogen-bond donors (Lipinski definition) is 4. The molecule has 4 rings (SSSR count). The topological polar surface area (TPSA) is 211 Å². The summed E-state index contributed by atoms with van der Waals surface area (Å²) in [6, 6.07) is 2.38. The molecule has 2 aromatic heterocycles. The van der Waals surface area contributed by atoms with Crippen molar-refractivity contribution in [2.24, 2.45) is 12.2 Å². The number of nitrogens with zero attached hydrogens (tertiary/aromatic N) is 4. The van der Waals surface area contributed by atoms with E-state index in [0.29, 0.717) is 5.57 Å². The van der Waals surface area contributed by atoms with Crippen LogP contribution < -0.4 is 28.0 Å². The van der Waals surface area contributed by atoms with Crippen molar-refractivity contribution in [1.29, 1.82) is 0 Å². The smallest absolute Gasteiger partial charge is 0.352 e. The fraction of sp³-hybridized carbons (Fsp3) is 0.348. The zero-order valence-electron chi connectivity index (χ0n) is 21.8. The minimum atomic E-state index is -1.80. The number of nitrogen functional groups attached to an aromatic ring is 1. The van der Waals surface area contributed by atoms with Gasteiger partial charge < -0.3 is 43.1 Å². The fourth-order valence-electron chi connectivity index (χ4n) is 3.73. The molecule has 0 saturated carbocycles. The number of aromatic nitrogens is 2. The molecular weight excluding hydrogens is 620 g/mol. The second-order valence-corrected chi connectivity index (χ2v) is 12.7. The van der Waals surface area contributed by atoms with Crippen molar-refractivity contribution in [2.75, 3.05) is 17.2 Å². The number of carbonyl (C=O) groups is 4. The lowest BCUT2D eigenvalue weighted by Crippen LogP contribution is -3.00. The molecule has 2 aliphatic heterocycles. The van der Waals surface area contributed by atoms with Crippen LogP contribution in [-0.4, -0.2) is 82.6 Å². The van der Waals surface area contributed by atoms with Crippen LogP contribution in [-0.2, 0) is 42.2 Å². The second-order valence-electron chi connectivity index (χ2n) is 9.24. The van der Waals surface area contributed by atoms with Gasteiger partial charge >= 0.3 is 11.9 Å². The number of halogens is 1. The van der Waals surface area contributed by atoms with Gasteiger partial charge in [0.05, 0.1) is 0 Å². The van der Waals surface area contributed by atoms with Crippen LogP contribution in [0.5, 0.6) is 0 Å². The van der Waals surface area contributed by atoms with E-state index in [1.807, 2.05) is 36.1 Å². The Morgan fingerprint density at radius 3 is 2.59 bits per heavy atom. The number of nitrogens with two attached hydrogens (primary N) is 1. The Morgan fingerprint density at radius 2 is 2.02 bits per heavy atom. The molecule has 2 amide bonds. The van der Waals surface area contributed by atoms with Crippen molar-refractivity contribution < 1.29 is 55.8 Å². The standard InChI is InChI=1S/C23H24N6O8S3.ClH/c1-23(2,21(34)35)37-27-14(13-9-39-22(24)25-13)17(30)26-15-18(31)29-16(20(32)33)11(10-40(36)19(15)29)8-38-12-4-6-28(3)7-5-12;/h4-7,9,15,19H,8,10H2,1-3H3,(H4-,24,25,26,30,32,33,34,35);1H/b27-14-;/t15-,19-,40?;/m1./s1. The number of carboxylic acids is 2. The summed E-state index contributed by atoms with van der Waals surface area (Å²) in [7, 11) is 1.86. The Bertz CT molecular complexity index is 1430. The number of rotatable bonds is 10. The van der Waals surface area contributed by atoms with Crippen LogP contribution >= 0.6 is 23.1 Å². The maximum absolute atomic E-state index is 13.2. The Balaban J connectivity index is 0.00000462. The number of aliphatic carboxylic acids is 2. The molecule has 3 atom stereocenters. The third kappa shape index (κ3) is 6.75. The van der Waals surface area contributed by atoms with Crippen molar-refractivity contribution >= 4 is 68.9 Å². The molecule has 5 N–H and O–H groups in total. The highest BCUT2D eigenvalue weighted by molar-refractivity contribution is 7.99. The second kappa shape index (κ2) is 12.6. The number of fused-ring (bicyclic) bond motifs is 1. The van der Waals surface area contributed by atoms with Crippen LogP contribution in [0, 0.1) is 0 Å². The van der Waals surface area contributed by atoms with Gasteiger partial charge in [-0.05, 0) is 25.0 Å². The normalized spacial score (nSPS) is 20.5. The largest absolute Gasteiger partial charge is 1.00 e. The van der Waals surface area contributed by atoms with Crippen LogP contribution in [0.15, 0.2) is 51.2 Å². The summed E-state index contributed by atoms with van der Waals surface area (Å²) in [5.74, 6) is -4.33. The van der Waals surface area contributed by atoms with Gasteiger partial charge in [-0.25, -0.2) is 19.1 Å². The number of thioether (sulfide) groups is 1. The van der Waals surface area contributed by atoms with Gasteiger partial charge in [-0.2, -0.15) is 0 Å². The predicted molar refractivity (Wildman–Crippen MR) is 144 cm³/mol. The molecule has 0 bridgehead atoms. The van der Waals surface area contributed by atoms with E-state index >= 15 is 0 Å². The van der Waals surface area contributed by atoms with E-state index in [1.165, 1.54) is 31.0 Å². The Kier molecular flexibility index (Phi) is 9.91. The van der Waals surface area contributed by atoms with Crippen LogP contribution in [0.25, 0.3) is 0 Å². The first kappa shape index (κ1) is 32.1. The number of thiazole rings is 1. The van der Waals surface area contributed by atoms with Gasteiger partial charge in [-0.3, -0.25) is 14.5 Å². The summed E-state index contributed by atoms with van der Waals surface area (Å²) in [6.07, 6.45) is 3.67. The van der Waals surface area contributed by atoms with E-state index in [0.717, 1.165) is 21.1 Å². The van der Waals surface area contributed by atoms with E-state index in [4.69, 9.17) is 10.6 Å².